The summed E-state index contributed by atoms with van der Waals surface area (Å²) in [7, 11) is 3.68. The molecule has 1 fully saturated rings. The Kier molecular flexibility index (Phi) is 6.64. The zero-order chi connectivity index (χ0) is 17.4. The van der Waals surface area contributed by atoms with E-state index in [9.17, 15) is 10.1 Å². The Morgan fingerprint density at radius 1 is 1.33 bits per heavy atom. The minimum Gasteiger partial charge on any atom is -0.496 e. The van der Waals surface area contributed by atoms with Crippen molar-refractivity contribution in [3.8, 4) is 11.8 Å². The van der Waals surface area contributed by atoms with Crippen molar-refractivity contribution in [3.63, 3.8) is 0 Å². The van der Waals surface area contributed by atoms with E-state index in [1.165, 1.54) is 6.20 Å². The molecule has 0 atom stereocenters. The largest absolute Gasteiger partial charge is 0.496 e. The third-order valence-electron chi connectivity index (χ3n) is 4.12. The Balaban J connectivity index is 1.87. The summed E-state index contributed by atoms with van der Waals surface area (Å²) >= 11 is 0. The lowest BCUT2D eigenvalue weighted by Gasteiger charge is -2.32. The summed E-state index contributed by atoms with van der Waals surface area (Å²) in [6.07, 6.45) is 2.28. The number of ether oxygens (including phenoxy) is 1. The van der Waals surface area contributed by atoms with Crippen LogP contribution in [0.5, 0.6) is 5.75 Å². The van der Waals surface area contributed by atoms with Gasteiger partial charge in [0.1, 0.15) is 17.4 Å². The number of piperazine rings is 1. The quantitative estimate of drug-likeness (QED) is 0.479. The Morgan fingerprint density at radius 2 is 2.04 bits per heavy atom. The number of hydrogen-bond acceptors (Lipinski definition) is 5. The van der Waals surface area contributed by atoms with Gasteiger partial charge in [-0.3, -0.25) is 4.79 Å². The van der Waals surface area contributed by atoms with Crippen LogP contribution in [-0.2, 0) is 11.2 Å². The topological polar surface area (TPSA) is 68.6 Å². The van der Waals surface area contributed by atoms with Crippen LogP contribution in [0.4, 0.5) is 0 Å². The minimum atomic E-state index is -0.199. The third kappa shape index (κ3) is 4.74. The lowest BCUT2D eigenvalue weighted by atomic mass is 10.1. The molecule has 1 aromatic carbocycles. The number of methoxy groups -OCH3 is 1. The van der Waals surface area contributed by atoms with Crippen LogP contribution < -0.4 is 10.1 Å². The van der Waals surface area contributed by atoms with Crippen molar-refractivity contribution in [1.29, 1.82) is 5.26 Å². The summed E-state index contributed by atoms with van der Waals surface area (Å²) in [6.45, 7) is 3.63. The van der Waals surface area contributed by atoms with Gasteiger partial charge in [-0.1, -0.05) is 18.2 Å². The molecule has 0 unspecified atom stereocenters. The molecule has 1 N–H and O–H groups in total. The van der Waals surface area contributed by atoms with Gasteiger partial charge in [-0.2, -0.15) is 5.26 Å². The molecule has 0 saturated carbocycles. The SMILES string of the molecule is COc1ccccc1CCN/C=C(/C#N)C(=O)N1CCN(C)CC1. The summed E-state index contributed by atoms with van der Waals surface area (Å²) in [6, 6.07) is 9.82. The maximum Gasteiger partial charge on any atom is 0.266 e. The molecule has 6 heteroatoms. The molecular weight excluding hydrogens is 304 g/mol. The van der Waals surface area contributed by atoms with E-state index in [0.717, 1.165) is 30.8 Å². The lowest BCUT2D eigenvalue weighted by Crippen LogP contribution is -2.47. The van der Waals surface area contributed by atoms with E-state index < -0.39 is 0 Å². The average molecular weight is 328 g/mol. The number of nitrogens with zero attached hydrogens (tertiary/aromatic N) is 3. The van der Waals surface area contributed by atoms with Gasteiger partial charge in [0.25, 0.3) is 5.91 Å². The normalized spacial score (nSPS) is 15.7. The van der Waals surface area contributed by atoms with Crippen molar-refractivity contribution in [2.45, 2.75) is 6.42 Å². The summed E-state index contributed by atoms with van der Waals surface area (Å²) in [5, 5.41) is 12.3. The molecule has 1 heterocycles. The first-order valence-electron chi connectivity index (χ1n) is 8.09. The van der Waals surface area contributed by atoms with E-state index in [-0.39, 0.29) is 11.5 Å². The highest BCUT2D eigenvalue weighted by Crippen LogP contribution is 2.17. The zero-order valence-corrected chi connectivity index (χ0v) is 14.3. The van der Waals surface area contributed by atoms with Crippen molar-refractivity contribution in [2.75, 3.05) is 46.9 Å². The molecule has 1 saturated heterocycles. The number of likely N-dealkylation sites (N-methyl/N-ethyl adjacent to an activating group) is 1. The van der Waals surface area contributed by atoms with Gasteiger partial charge in [-0.05, 0) is 25.1 Å². The van der Waals surface area contributed by atoms with Crippen LogP contribution in [0, 0.1) is 11.3 Å². The number of carbonyl (C=O) groups excluding carboxylic acids is 1. The maximum absolute atomic E-state index is 12.4. The number of para-hydroxylation sites is 1. The molecule has 24 heavy (non-hydrogen) atoms. The van der Waals surface area contributed by atoms with E-state index in [0.29, 0.717) is 19.6 Å². The second kappa shape index (κ2) is 8.94. The van der Waals surface area contributed by atoms with Crippen molar-refractivity contribution in [1.82, 2.24) is 15.1 Å². The van der Waals surface area contributed by atoms with Gasteiger partial charge >= 0.3 is 0 Å². The number of hydrogen-bond donors (Lipinski definition) is 1. The van der Waals surface area contributed by atoms with Gasteiger partial charge in [0.2, 0.25) is 0 Å². The van der Waals surface area contributed by atoms with Crippen LogP contribution in [0.3, 0.4) is 0 Å². The number of rotatable bonds is 6. The Morgan fingerprint density at radius 3 is 2.71 bits per heavy atom. The number of amides is 1. The van der Waals surface area contributed by atoms with Gasteiger partial charge in [-0.25, -0.2) is 0 Å². The molecule has 1 amide bonds. The van der Waals surface area contributed by atoms with E-state index in [1.807, 2.05) is 37.4 Å². The van der Waals surface area contributed by atoms with E-state index >= 15 is 0 Å². The van der Waals surface area contributed by atoms with Gasteiger partial charge in [0.05, 0.1) is 7.11 Å². The third-order valence-corrected chi connectivity index (χ3v) is 4.12. The van der Waals surface area contributed by atoms with E-state index in [4.69, 9.17) is 4.74 Å². The second-order valence-electron chi connectivity index (χ2n) is 5.78. The molecule has 0 spiro atoms. The smallest absolute Gasteiger partial charge is 0.266 e. The average Bonchev–Trinajstić information content (AvgIpc) is 2.62. The van der Waals surface area contributed by atoms with Crippen molar-refractivity contribution in [3.05, 3.63) is 41.6 Å². The Bertz CT molecular complexity index is 628. The fourth-order valence-electron chi connectivity index (χ4n) is 2.61. The molecule has 0 radical (unpaired) electrons. The zero-order valence-electron chi connectivity index (χ0n) is 14.3. The molecule has 6 nitrogen and oxygen atoms in total. The van der Waals surface area contributed by atoms with Crippen molar-refractivity contribution < 1.29 is 9.53 Å². The fourth-order valence-corrected chi connectivity index (χ4v) is 2.61. The maximum atomic E-state index is 12.4. The number of carbonyl (C=O) groups is 1. The number of nitrogens with one attached hydrogen (secondary N) is 1. The van der Waals surface area contributed by atoms with Gasteiger partial charge < -0.3 is 19.9 Å². The molecule has 1 aliphatic heterocycles. The molecule has 0 aromatic heterocycles. The highest BCUT2D eigenvalue weighted by atomic mass is 16.5. The van der Waals surface area contributed by atoms with Crippen LogP contribution in [0.25, 0.3) is 0 Å². The summed E-state index contributed by atoms with van der Waals surface area (Å²) < 4.78 is 5.31. The van der Waals surface area contributed by atoms with Crippen LogP contribution in [-0.4, -0.2) is 62.6 Å². The first-order chi connectivity index (χ1) is 11.7. The lowest BCUT2D eigenvalue weighted by molar-refractivity contribution is -0.128. The molecule has 128 valence electrons. The Hall–Kier alpha value is -2.52. The van der Waals surface area contributed by atoms with Crippen LogP contribution in [0.1, 0.15) is 5.56 Å². The molecule has 0 bridgehead atoms. The molecular formula is C18H24N4O2. The van der Waals surface area contributed by atoms with Crippen LogP contribution in [0.15, 0.2) is 36.0 Å². The van der Waals surface area contributed by atoms with Gasteiger partial charge in [0, 0.05) is 38.9 Å². The van der Waals surface area contributed by atoms with Crippen molar-refractivity contribution >= 4 is 5.91 Å². The van der Waals surface area contributed by atoms with Crippen molar-refractivity contribution in [2.24, 2.45) is 0 Å². The van der Waals surface area contributed by atoms with E-state index in [1.54, 1.807) is 12.0 Å². The fraction of sp³-hybridized carbons (Fsp3) is 0.444. The monoisotopic (exact) mass is 328 g/mol. The minimum absolute atomic E-state index is 0.152. The summed E-state index contributed by atoms with van der Waals surface area (Å²) in [5.41, 5.74) is 1.24. The highest BCUT2D eigenvalue weighted by molar-refractivity contribution is 5.97. The Labute approximate surface area is 143 Å². The standard InChI is InChI=1S/C18H24N4O2/c1-21-9-11-22(12-10-21)18(23)16(13-19)14-20-8-7-15-5-3-4-6-17(15)24-2/h3-6,14,20H,7-12H2,1-2H3/b16-14-. The number of benzene rings is 1. The van der Waals surface area contributed by atoms with Gasteiger partial charge in [0.15, 0.2) is 0 Å². The van der Waals surface area contributed by atoms with E-state index in [2.05, 4.69) is 10.2 Å². The molecule has 2 rings (SSSR count). The molecule has 0 aliphatic carbocycles. The predicted molar refractivity (Wildman–Crippen MR) is 92.5 cm³/mol. The van der Waals surface area contributed by atoms with Gasteiger partial charge in [-0.15, -0.1) is 0 Å². The predicted octanol–water partition coefficient (Wildman–Crippen LogP) is 1.01. The summed E-state index contributed by atoms with van der Waals surface area (Å²) in [4.78, 5) is 16.3. The first kappa shape index (κ1) is 17.8. The van der Waals surface area contributed by atoms with Crippen LogP contribution in [0.2, 0.25) is 0 Å². The first-order valence-corrected chi connectivity index (χ1v) is 8.09. The highest BCUT2D eigenvalue weighted by Gasteiger charge is 2.21. The van der Waals surface area contributed by atoms with Crippen LogP contribution >= 0.6 is 0 Å². The molecule has 1 aromatic rings. The number of nitriles is 1. The summed E-state index contributed by atoms with van der Waals surface area (Å²) in [5.74, 6) is 0.646. The molecule has 1 aliphatic rings. The second-order valence-corrected chi connectivity index (χ2v) is 5.78.